The maximum Gasteiger partial charge on any atom is 0.158 e. The van der Waals surface area contributed by atoms with Gasteiger partial charge in [0.1, 0.15) is 16.9 Å². The Kier molecular flexibility index (Phi) is 6.04. The minimum absolute atomic E-state index is 0.344. The molecule has 30 heavy (non-hydrogen) atoms. The highest BCUT2D eigenvalue weighted by Crippen LogP contribution is 2.45. The van der Waals surface area contributed by atoms with Gasteiger partial charge in [-0.15, -0.1) is 11.3 Å². The standard InChI is InChI=1S/C24H30N4OS/c1-5-24(3,4)17-11-12-20-18(13-17)21-22(25-15-26-23(21)30-20)28-27-14-16-9-7-8-10-19(16)29-6-2/h7-10,14-15,17H,5-6,11-13H2,1-4H3,(H,25,26,28)/b27-14+. The molecule has 0 radical (unpaired) electrons. The molecular formula is C24H30N4OS. The van der Waals surface area contributed by atoms with Crippen LogP contribution in [0.3, 0.4) is 0 Å². The van der Waals surface area contributed by atoms with Gasteiger partial charge in [0.05, 0.1) is 18.2 Å². The zero-order valence-corrected chi connectivity index (χ0v) is 19.1. The van der Waals surface area contributed by atoms with Crippen LogP contribution in [0.4, 0.5) is 5.82 Å². The summed E-state index contributed by atoms with van der Waals surface area (Å²) < 4.78 is 5.68. The lowest BCUT2D eigenvalue weighted by Crippen LogP contribution is -2.28. The van der Waals surface area contributed by atoms with E-state index in [9.17, 15) is 0 Å². The lowest BCUT2D eigenvalue weighted by molar-refractivity contribution is 0.184. The average molecular weight is 423 g/mol. The van der Waals surface area contributed by atoms with Crippen molar-refractivity contribution < 1.29 is 4.74 Å². The molecule has 0 aliphatic heterocycles. The van der Waals surface area contributed by atoms with Crippen molar-refractivity contribution in [2.24, 2.45) is 16.4 Å². The molecule has 0 bridgehead atoms. The Morgan fingerprint density at radius 3 is 2.90 bits per heavy atom. The molecule has 5 nitrogen and oxygen atoms in total. The van der Waals surface area contributed by atoms with Crippen LogP contribution in [0.15, 0.2) is 35.7 Å². The molecular weight excluding hydrogens is 392 g/mol. The summed E-state index contributed by atoms with van der Waals surface area (Å²) in [7, 11) is 0. The summed E-state index contributed by atoms with van der Waals surface area (Å²) in [5, 5.41) is 5.62. The second-order valence-electron chi connectivity index (χ2n) is 8.53. The van der Waals surface area contributed by atoms with Crippen molar-refractivity contribution >= 4 is 33.6 Å². The first-order chi connectivity index (χ1) is 14.5. The molecule has 1 aromatic carbocycles. The summed E-state index contributed by atoms with van der Waals surface area (Å²) in [5.41, 5.74) is 5.88. The Bertz CT molecular complexity index is 1060. The summed E-state index contributed by atoms with van der Waals surface area (Å²) in [6, 6.07) is 7.90. The van der Waals surface area contributed by atoms with Crippen molar-refractivity contribution in [3.05, 3.63) is 46.6 Å². The predicted octanol–water partition coefficient (Wildman–Crippen LogP) is 6.08. The number of hydrogen-bond acceptors (Lipinski definition) is 6. The van der Waals surface area contributed by atoms with E-state index in [1.54, 1.807) is 12.5 Å². The molecule has 6 heteroatoms. The van der Waals surface area contributed by atoms with Crippen molar-refractivity contribution in [1.82, 2.24) is 9.97 Å². The highest BCUT2D eigenvalue weighted by molar-refractivity contribution is 7.19. The van der Waals surface area contributed by atoms with Crippen LogP contribution < -0.4 is 10.2 Å². The maximum atomic E-state index is 5.68. The van der Waals surface area contributed by atoms with Crippen LogP contribution >= 0.6 is 11.3 Å². The first kappa shape index (κ1) is 20.8. The minimum atomic E-state index is 0.344. The third-order valence-electron chi connectivity index (χ3n) is 6.45. The van der Waals surface area contributed by atoms with Crippen LogP contribution in [0.1, 0.15) is 56.5 Å². The van der Waals surface area contributed by atoms with E-state index in [2.05, 4.69) is 41.3 Å². The number of nitrogens with one attached hydrogen (secondary N) is 1. The normalized spacial score (nSPS) is 16.7. The van der Waals surface area contributed by atoms with E-state index in [-0.39, 0.29) is 0 Å². The number of nitrogens with zero attached hydrogens (tertiary/aromatic N) is 3. The van der Waals surface area contributed by atoms with E-state index in [1.807, 2.05) is 42.5 Å². The zero-order valence-electron chi connectivity index (χ0n) is 18.2. The number of aryl methyl sites for hydroxylation is 1. The third kappa shape index (κ3) is 4.06. The van der Waals surface area contributed by atoms with Crippen molar-refractivity contribution in [2.45, 2.75) is 53.4 Å². The summed E-state index contributed by atoms with van der Waals surface area (Å²) >= 11 is 1.81. The van der Waals surface area contributed by atoms with Gasteiger partial charge in [0.2, 0.25) is 0 Å². The Labute approximate surface area is 182 Å². The van der Waals surface area contributed by atoms with Gasteiger partial charge in [0.15, 0.2) is 5.82 Å². The van der Waals surface area contributed by atoms with Crippen LogP contribution in [0.25, 0.3) is 10.2 Å². The fraction of sp³-hybridized carbons (Fsp3) is 0.458. The number of fused-ring (bicyclic) bond motifs is 3. The molecule has 2 aromatic heterocycles. The van der Waals surface area contributed by atoms with Crippen molar-refractivity contribution in [3.63, 3.8) is 0 Å². The lowest BCUT2D eigenvalue weighted by atomic mass is 9.69. The molecule has 1 N–H and O–H groups in total. The van der Waals surface area contributed by atoms with Crippen LogP contribution in [-0.2, 0) is 12.8 Å². The molecule has 1 aliphatic carbocycles. The number of hydrogen-bond donors (Lipinski definition) is 1. The van der Waals surface area contributed by atoms with E-state index < -0.39 is 0 Å². The highest BCUT2D eigenvalue weighted by Gasteiger charge is 2.33. The van der Waals surface area contributed by atoms with Crippen molar-refractivity contribution in [3.8, 4) is 5.75 Å². The van der Waals surface area contributed by atoms with E-state index >= 15 is 0 Å². The van der Waals surface area contributed by atoms with Gasteiger partial charge < -0.3 is 4.74 Å². The van der Waals surface area contributed by atoms with Gasteiger partial charge >= 0.3 is 0 Å². The third-order valence-corrected chi connectivity index (χ3v) is 7.65. The molecule has 3 aromatic rings. The summed E-state index contributed by atoms with van der Waals surface area (Å²) in [4.78, 5) is 11.6. The second kappa shape index (κ2) is 8.72. The molecule has 1 unspecified atom stereocenters. The Morgan fingerprint density at radius 1 is 1.27 bits per heavy atom. The van der Waals surface area contributed by atoms with E-state index in [4.69, 9.17) is 4.74 Å². The molecule has 0 spiro atoms. The molecule has 0 saturated heterocycles. The Hall–Kier alpha value is -2.47. The van der Waals surface area contributed by atoms with Gasteiger partial charge in [-0.05, 0) is 55.2 Å². The number of aromatic nitrogens is 2. The average Bonchev–Trinajstić information content (AvgIpc) is 3.14. The van der Waals surface area contributed by atoms with Crippen molar-refractivity contribution in [2.75, 3.05) is 12.0 Å². The SMILES string of the molecule is CCOc1ccccc1/C=N/Nc1ncnc2sc3c(c12)CC(C(C)(C)CC)CC3. The first-order valence-corrected chi connectivity index (χ1v) is 11.6. The van der Waals surface area contributed by atoms with Gasteiger partial charge in [-0.1, -0.05) is 39.3 Å². The van der Waals surface area contributed by atoms with Gasteiger partial charge in [-0.3, -0.25) is 5.43 Å². The number of hydrazone groups is 1. The van der Waals surface area contributed by atoms with Crippen LogP contribution in [0, 0.1) is 11.3 Å². The van der Waals surface area contributed by atoms with Crippen LogP contribution in [-0.4, -0.2) is 22.8 Å². The fourth-order valence-electron chi connectivity index (χ4n) is 4.19. The summed E-state index contributed by atoms with van der Waals surface area (Å²) in [6.07, 6.45) is 8.10. The number of benzene rings is 1. The smallest absolute Gasteiger partial charge is 0.158 e. The topological polar surface area (TPSA) is 59.4 Å². The molecule has 0 saturated carbocycles. The fourth-order valence-corrected chi connectivity index (χ4v) is 5.37. The quantitative estimate of drug-likeness (QED) is 0.370. The molecule has 0 amide bonds. The number of para-hydroxylation sites is 1. The molecule has 0 fully saturated rings. The van der Waals surface area contributed by atoms with E-state index in [0.29, 0.717) is 17.9 Å². The Balaban J connectivity index is 1.63. The first-order valence-electron chi connectivity index (χ1n) is 10.8. The summed E-state index contributed by atoms with van der Waals surface area (Å²) in [6.45, 7) is 9.70. The molecule has 1 atom stereocenters. The largest absolute Gasteiger partial charge is 0.493 e. The van der Waals surface area contributed by atoms with Crippen LogP contribution in [0.2, 0.25) is 0 Å². The van der Waals surface area contributed by atoms with Gasteiger partial charge in [0, 0.05) is 10.4 Å². The minimum Gasteiger partial charge on any atom is -0.493 e. The number of thiophene rings is 1. The predicted molar refractivity (Wildman–Crippen MR) is 126 cm³/mol. The second-order valence-corrected chi connectivity index (χ2v) is 9.61. The van der Waals surface area contributed by atoms with E-state index in [1.165, 1.54) is 23.3 Å². The molecule has 158 valence electrons. The number of ether oxygens (including phenoxy) is 1. The summed E-state index contributed by atoms with van der Waals surface area (Å²) in [5.74, 6) is 2.30. The monoisotopic (exact) mass is 422 g/mol. The van der Waals surface area contributed by atoms with Crippen molar-refractivity contribution in [1.29, 1.82) is 0 Å². The van der Waals surface area contributed by atoms with Crippen LogP contribution in [0.5, 0.6) is 5.75 Å². The van der Waals surface area contributed by atoms with Gasteiger partial charge in [0.25, 0.3) is 0 Å². The Morgan fingerprint density at radius 2 is 2.10 bits per heavy atom. The highest BCUT2D eigenvalue weighted by atomic mass is 32.1. The number of anilines is 1. The number of rotatable bonds is 7. The van der Waals surface area contributed by atoms with Gasteiger partial charge in [-0.2, -0.15) is 5.10 Å². The molecule has 2 heterocycles. The van der Waals surface area contributed by atoms with Gasteiger partial charge in [-0.25, -0.2) is 9.97 Å². The molecule has 1 aliphatic rings. The maximum absolute atomic E-state index is 5.68. The zero-order chi connectivity index (χ0) is 21.1. The molecule has 4 rings (SSSR count). The lowest BCUT2D eigenvalue weighted by Gasteiger charge is -2.36. The van der Waals surface area contributed by atoms with E-state index in [0.717, 1.165) is 40.2 Å².